The fourth-order valence-electron chi connectivity index (χ4n) is 12.5. The van der Waals surface area contributed by atoms with Crippen LogP contribution >= 0.6 is 0 Å². The van der Waals surface area contributed by atoms with Crippen molar-refractivity contribution in [2.45, 2.75) is 209 Å². The first-order chi connectivity index (χ1) is 42.4. The number of benzene rings is 5. The van der Waals surface area contributed by atoms with Crippen LogP contribution < -0.4 is 0 Å². The monoisotopic (exact) mass is 1220 g/mol. The number of hydrogen-bond donors (Lipinski definition) is 3. The van der Waals surface area contributed by atoms with Crippen molar-refractivity contribution in [3.05, 3.63) is 187 Å². The lowest BCUT2D eigenvalue weighted by Gasteiger charge is -2.26. The normalized spacial score (nSPS) is 13.5. The quantitative estimate of drug-likeness (QED) is 0.113. The van der Waals surface area contributed by atoms with Gasteiger partial charge in [-0.05, 0) is 159 Å². The van der Waals surface area contributed by atoms with Gasteiger partial charge in [0, 0.05) is 62.0 Å². The topological polar surface area (TPSA) is 129 Å². The van der Waals surface area contributed by atoms with Crippen molar-refractivity contribution in [3.8, 4) is 78.7 Å². The van der Waals surface area contributed by atoms with Crippen LogP contribution in [0.25, 0.3) is 113 Å². The Kier molecular flexibility index (Phi) is 15.7. The van der Waals surface area contributed by atoms with Crippen molar-refractivity contribution in [2.75, 3.05) is 0 Å². The van der Waals surface area contributed by atoms with Gasteiger partial charge in [0.15, 0.2) is 0 Å². The average Bonchev–Trinajstić information content (AvgIpc) is 1.56. The smallest absolute Gasteiger partial charge is 0.269 e. The number of non-ortho nitro benzene ring substituents is 1. The van der Waals surface area contributed by atoms with E-state index in [1.807, 2.05) is 0 Å². The molecule has 0 aliphatic carbocycles. The van der Waals surface area contributed by atoms with Gasteiger partial charge in [-0.2, -0.15) is 0 Å². The van der Waals surface area contributed by atoms with Crippen LogP contribution in [-0.2, 0) is 43.3 Å². The number of nitrogens with zero attached hydrogens (tertiary/aromatic N) is 4. The highest BCUT2D eigenvalue weighted by molar-refractivity contribution is 6.04. The van der Waals surface area contributed by atoms with Crippen LogP contribution in [0, 0.1) is 10.1 Å². The minimum absolute atomic E-state index is 0.00764. The van der Waals surface area contributed by atoms with E-state index < -0.39 is 0 Å². The zero-order valence-electron chi connectivity index (χ0n) is 59.3. The first kappa shape index (κ1) is 65.1. The summed E-state index contributed by atoms with van der Waals surface area (Å²) in [6, 6.07) is 44.1. The summed E-state index contributed by atoms with van der Waals surface area (Å²) in [5, 5.41) is 12.1. The molecular formula is C83H97N7O2. The van der Waals surface area contributed by atoms with Crippen molar-refractivity contribution in [3.63, 3.8) is 0 Å². The third-order valence-electron chi connectivity index (χ3n) is 18.6. The summed E-state index contributed by atoms with van der Waals surface area (Å²) >= 11 is 0. The van der Waals surface area contributed by atoms with Gasteiger partial charge in [-0.25, -0.2) is 15.0 Å². The lowest BCUT2D eigenvalue weighted by Crippen LogP contribution is -2.16. The van der Waals surface area contributed by atoms with E-state index in [0.717, 1.165) is 89.4 Å². The Hall–Kier alpha value is -8.43. The van der Waals surface area contributed by atoms with Crippen LogP contribution in [0.2, 0.25) is 0 Å². The number of hydrogen-bond acceptors (Lipinski definition) is 5. The lowest BCUT2D eigenvalue weighted by molar-refractivity contribution is -0.384. The second-order valence-electron chi connectivity index (χ2n) is 34.4. The molecule has 0 spiro atoms. The molecule has 6 heterocycles. The Morgan fingerprint density at radius 2 is 0.587 bits per heavy atom. The van der Waals surface area contributed by atoms with Gasteiger partial charge in [0.05, 0.1) is 27.7 Å². The fourth-order valence-corrected chi connectivity index (χ4v) is 12.5. The van der Waals surface area contributed by atoms with Gasteiger partial charge < -0.3 is 15.0 Å². The van der Waals surface area contributed by atoms with Gasteiger partial charge in [0.25, 0.3) is 5.69 Å². The molecule has 0 atom stereocenters. The third-order valence-corrected chi connectivity index (χ3v) is 18.6. The standard InChI is InChI=1S/C83H97N7O2/c1-76(2,3)52-35-48(36-53(43-52)77(4,5)6)67-61-29-30-62(84-61)68(49-37-54(78(7,8)9)44-55(38-49)79(10,11)12)64-32-34-66(86-64)70(51-41-58(82(19,20)21)46-59(42-51)83(22,23)24)72-74-73(88-75(89-74)47-25-27-60(28-26-47)90(91)92)71(87-72)69(65-33-31-63(67)85-65)50-39-56(80(13,14)15)45-57(40-50)81(16,17)18/h25-46,85-86H,1-24H3,(H,88,89). The molecule has 0 radical (unpaired) electrons. The van der Waals surface area contributed by atoms with Crippen LogP contribution in [-0.4, -0.2) is 34.8 Å². The Bertz CT molecular complexity index is 4260. The molecule has 476 valence electrons. The van der Waals surface area contributed by atoms with Crippen molar-refractivity contribution < 1.29 is 4.92 Å². The summed E-state index contributed by atoms with van der Waals surface area (Å²) in [5.41, 5.74) is 25.0. The van der Waals surface area contributed by atoms with Gasteiger partial charge in [-0.1, -0.05) is 239 Å². The second-order valence-corrected chi connectivity index (χ2v) is 34.4. The molecule has 0 saturated heterocycles. The molecule has 8 bridgehead atoms. The van der Waals surface area contributed by atoms with Crippen molar-refractivity contribution in [2.24, 2.45) is 0 Å². The van der Waals surface area contributed by atoms with E-state index in [0.29, 0.717) is 22.8 Å². The summed E-state index contributed by atoms with van der Waals surface area (Å²) in [7, 11) is 0. The highest BCUT2D eigenvalue weighted by atomic mass is 16.6. The van der Waals surface area contributed by atoms with Crippen LogP contribution in [0.5, 0.6) is 0 Å². The van der Waals surface area contributed by atoms with Gasteiger partial charge in [0.2, 0.25) is 0 Å². The highest BCUT2D eigenvalue weighted by Crippen LogP contribution is 2.50. The first-order valence-corrected chi connectivity index (χ1v) is 32.9. The minimum atomic E-state index is -0.359. The fraction of sp³-hybridized carbons (Fsp3) is 0.386. The average molecular weight is 1220 g/mol. The predicted octanol–water partition coefficient (Wildman–Crippen LogP) is 23.2. The molecule has 9 nitrogen and oxygen atoms in total. The number of fused-ring (bicyclic) bond motifs is 11. The number of nitrogens with one attached hydrogen (secondary N) is 3. The number of aromatic nitrogens is 6. The third kappa shape index (κ3) is 12.7. The Morgan fingerprint density at radius 3 is 0.880 bits per heavy atom. The maximum Gasteiger partial charge on any atom is 0.269 e. The number of rotatable bonds is 6. The van der Waals surface area contributed by atoms with Gasteiger partial charge in [-0.3, -0.25) is 10.1 Å². The summed E-state index contributed by atoms with van der Waals surface area (Å²) in [6.45, 7) is 55.0. The van der Waals surface area contributed by atoms with Crippen molar-refractivity contribution >= 4 is 39.9 Å². The molecule has 0 saturated carbocycles. The van der Waals surface area contributed by atoms with E-state index in [9.17, 15) is 10.1 Å². The maximum atomic E-state index is 12.1. The highest BCUT2D eigenvalue weighted by Gasteiger charge is 2.34. The molecule has 0 fully saturated rings. The van der Waals surface area contributed by atoms with Crippen LogP contribution in [0.1, 0.15) is 222 Å². The molecule has 9 heteroatoms. The summed E-state index contributed by atoms with van der Waals surface area (Å²) < 4.78 is 0. The molecule has 3 N–H and O–H groups in total. The molecular weight excluding hydrogens is 1130 g/mol. The Morgan fingerprint density at radius 1 is 0.304 bits per heavy atom. The molecule has 2 aliphatic heterocycles. The van der Waals surface area contributed by atoms with E-state index in [-0.39, 0.29) is 53.9 Å². The SMILES string of the molecule is CC(C)(C)c1cc(-c2c3nc(c(-c4cc(C(C)(C)C)cc(C(C)(C)C)c4)c4ccc([nH]4)c(-c4cc(C(C)(C)C)cc(C(C)(C)C)c4)c4nc(c(-c5cc(C(C)(C)C)cc(C(C)(C)C)c5)c5ccc2[nH]5)-c2nc(-c5ccc([N+](=O)[O-])cc5)[nH]c2-4)C=C3)cc(C(C)(C)C)c1. The second kappa shape index (κ2) is 22.1. The Balaban J connectivity index is 1.44. The Labute approximate surface area is 547 Å². The predicted molar refractivity (Wildman–Crippen MR) is 390 cm³/mol. The van der Waals surface area contributed by atoms with Crippen LogP contribution in [0.4, 0.5) is 5.69 Å². The number of H-pyrrole nitrogens is 3. The van der Waals surface area contributed by atoms with E-state index in [1.165, 1.54) is 44.5 Å². The molecule has 0 amide bonds. The minimum Gasteiger partial charge on any atom is -0.354 e. The molecule has 11 rings (SSSR count). The molecule has 9 aromatic rings. The maximum absolute atomic E-state index is 12.1. The molecule has 5 aromatic carbocycles. The number of aromatic amines is 3. The molecule has 92 heavy (non-hydrogen) atoms. The molecule has 4 aromatic heterocycles. The first-order valence-electron chi connectivity index (χ1n) is 32.9. The van der Waals surface area contributed by atoms with Crippen molar-refractivity contribution in [1.82, 2.24) is 29.9 Å². The van der Waals surface area contributed by atoms with Gasteiger partial charge in [-0.15, -0.1) is 0 Å². The van der Waals surface area contributed by atoms with Crippen LogP contribution in [0.3, 0.4) is 0 Å². The van der Waals surface area contributed by atoms with E-state index >= 15 is 0 Å². The number of nitro groups is 1. The van der Waals surface area contributed by atoms with Crippen molar-refractivity contribution in [1.29, 1.82) is 0 Å². The summed E-state index contributed by atoms with van der Waals surface area (Å²) in [4.78, 5) is 41.6. The van der Waals surface area contributed by atoms with E-state index in [4.69, 9.17) is 15.0 Å². The summed E-state index contributed by atoms with van der Waals surface area (Å²) in [6.07, 6.45) is 4.45. The number of imidazole rings is 1. The zero-order valence-corrected chi connectivity index (χ0v) is 59.3. The largest absolute Gasteiger partial charge is 0.354 e. The van der Waals surface area contributed by atoms with E-state index in [2.05, 4.69) is 290 Å². The molecule has 2 aliphatic rings. The number of nitro benzene ring substituents is 1. The van der Waals surface area contributed by atoms with Crippen LogP contribution in [0.15, 0.2) is 121 Å². The lowest BCUT2D eigenvalue weighted by atomic mass is 9.78. The summed E-state index contributed by atoms with van der Waals surface area (Å²) in [5.74, 6) is 0.574. The van der Waals surface area contributed by atoms with Gasteiger partial charge in [0.1, 0.15) is 17.2 Å². The van der Waals surface area contributed by atoms with Gasteiger partial charge >= 0.3 is 0 Å². The molecule has 0 unspecified atom stereocenters. The van der Waals surface area contributed by atoms with E-state index in [1.54, 1.807) is 24.3 Å². The zero-order chi connectivity index (χ0) is 67.1.